The fourth-order valence-corrected chi connectivity index (χ4v) is 2.30. The van der Waals surface area contributed by atoms with E-state index >= 15 is 0 Å². The van der Waals surface area contributed by atoms with Crippen molar-refractivity contribution in [3.63, 3.8) is 0 Å². The molecule has 1 unspecified atom stereocenters. The summed E-state index contributed by atoms with van der Waals surface area (Å²) in [7, 11) is 3.88. The van der Waals surface area contributed by atoms with E-state index in [0.29, 0.717) is 32.5 Å². The van der Waals surface area contributed by atoms with Gasteiger partial charge in [0.2, 0.25) is 0 Å². The molecular weight excluding hydrogens is 244 g/mol. The van der Waals surface area contributed by atoms with E-state index in [1.807, 2.05) is 0 Å². The highest BCUT2D eigenvalue weighted by atomic mass is 16.5. The second-order valence-electron chi connectivity index (χ2n) is 5.03. The van der Waals surface area contributed by atoms with Crippen LogP contribution >= 0.6 is 0 Å². The van der Waals surface area contributed by atoms with Gasteiger partial charge >= 0.3 is 0 Å². The summed E-state index contributed by atoms with van der Waals surface area (Å²) in [5.74, 6) is 0. The molecule has 0 radical (unpaired) electrons. The van der Waals surface area contributed by atoms with Crippen LogP contribution in [-0.2, 0) is 14.2 Å². The molecule has 1 rings (SSSR count). The van der Waals surface area contributed by atoms with E-state index in [9.17, 15) is 0 Å². The van der Waals surface area contributed by atoms with Crippen LogP contribution in [0.15, 0.2) is 0 Å². The van der Waals surface area contributed by atoms with Crippen LogP contribution in [0.4, 0.5) is 0 Å². The highest BCUT2D eigenvalue weighted by molar-refractivity contribution is 4.73. The van der Waals surface area contributed by atoms with E-state index in [4.69, 9.17) is 14.2 Å². The lowest BCUT2D eigenvalue weighted by molar-refractivity contribution is 0.0182. The van der Waals surface area contributed by atoms with E-state index in [1.54, 1.807) is 7.11 Å². The van der Waals surface area contributed by atoms with Gasteiger partial charge in [0, 0.05) is 19.7 Å². The van der Waals surface area contributed by atoms with Crippen molar-refractivity contribution in [1.29, 1.82) is 0 Å². The summed E-state index contributed by atoms with van der Waals surface area (Å²) in [5, 5.41) is 3.45. The van der Waals surface area contributed by atoms with Gasteiger partial charge in [0.25, 0.3) is 0 Å². The van der Waals surface area contributed by atoms with Crippen molar-refractivity contribution in [2.45, 2.75) is 25.3 Å². The van der Waals surface area contributed by atoms with E-state index in [0.717, 1.165) is 19.7 Å². The Balaban J connectivity index is 1.93. The number of nitrogens with zero attached hydrogens (tertiary/aromatic N) is 1. The van der Waals surface area contributed by atoms with Crippen molar-refractivity contribution in [1.82, 2.24) is 10.2 Å². The summed E-state index contributed by atoms with van der Waals surface area (Å²) in [5.41, 5.74) is 0. The standard InChI is InChI=1S/C14H30N2O3/c1-16(14-4-3-6-15-7-5-14)8-9-18-12-13-19-11-10-17-2/h14-15H,3-13H2,1-2H3. The number of hydrogen-bond acceptors (Lipinski definition) is 5. The molecule has 0 bridgehead atoms. The number of methoxy groups -OCH3 is 1. The van der Waals surface area contributed by atoms with E-state index in [-0.39, 0.29) is 0 Å². The third-order valence-electron chi connectivity index (χ3n) is 3.56. The fourth-order valence-electron chi connectivity index (χ4n) is 2.30. The van der Waals surface area contributed by atoms with Gasteiger partial charge in [0.05, 0.1) is 33.0 Å². The minimum atomic E-state index is 0.648. The Morgan fingerprint density at radius 1 is 1.00 bits per heavy atom. The first kappa shape index (κ1) is 16.9. The molecule has 0 aliphatic carbocycles. The van der Waals surface area contributed by atoms with Crippen LogP contribution < -0.4 is 5.32 Å². The smallest absolute Gasteiger partial charge is 0.0701 e. The zero-order chi connectivity index (χ0) is 13.8. The third kappa shape index (κ3) is 8.55. The Bertz CT molecular complexity index is 197. The fraction of sp³-hybridized carbons (Fsp3) is 1.00. The molecule has 0 aromatic carbocycles. The van der Waals surface area contributed by atoms with Crippen LogP contribution in [0.2, 0.25) is 0 Å². The Morgan fingerprint density at radius 2 is 1.74 bits per heavy atom. The maximum absolute atomic E-state index is 5.58. The second-order valence-corrected chi connectivity index (χ2v) is 5.03. The van der Waals surface area contributed by atoms with Crippen molar-refractivity contribution < 1.29 is 14.2 Å². The molecule has 0 aromatic heterocycles. The van der Waals surface area contributed by atoms with Gasteiger partial charge in [-0.2, -0.15) is 0 Å². The number of rotatable bonds is 10. The molecule has 1 aliphatic rings. The first-order valence-corrected chi connectivity index (χ1v) is 7.40. The summed E-state index contributed by atoms with van der Waals surface area (Å²) in [6, 6.07) is 0.705. The van der Waals surface area contributed by atoms with Crippen LogP contribution in [0.1, 0.15) is 19.3 Å². The van der Waals surface area contributed by atoms with Crippen molar-refractivity contribution in [3.8, 4) is 0 Å². The van der Waals surface area contributed by atoms with E-state index in [2.05, 4.69) is 17.3 Å². The maximum Gasteiger partial charge on any atom is 0.0701 e. The molecule has 1 heterocycles. The number of hydrogen-bond donors (Lipinski definition) is 1. The van der Waals surface area contributed by atoms with Gasteiger partial charge in [-0.05, 0) is 39.4 Å². The zero-order valence-electron chi connectivity index (χ0n) is 12.5. The molecule has 19 heavy (non-hydrogen) atoms. The highest BCUT2D eigenvalue weighted by Crippen LogP contribution is 2.11. The van der Waals surface area contributed by atoms with Gasteiger partial charge in [-0.15, -0.1) is 0 Å². The van der Waals surface area contributed by atoms with Gasteiger partial charge in [-0.1, -0.05) is 0 Å². The SMILES string of the molecule is COCCOCCOCCN(C)C1CCCNCC1. The van der Waals surface area contributed by atoms with Crippen LogP contribution in [0.5, 0.6) is 0 Å². The Labute approximate surface area is 117 Å². The topological polar surface area (TPSA) is 43.0 Å². The molecule has 0 aromatic rings. The van der Waals surface area contributed by atoms with Gasteiger partial charge in [-0.25, -0.2) is 0 Å². The average molecular weight is 274 g/mol. The lowest BCUT2D eigenvalue weighted by Crippen LogP contribution is -2.35. The molecule has 0 amide bonds. The number of ether oxygens (including phenoxy) is 3. The van der Waals surface area contributed by atoms with E-state index < -0.39 is 0 Å². The molecular formula is C14H30N2O3. The van der Waals surface area contributed by atoms with Crippen LogP contribution in [0.25, 0.3) is 0 Å². The van der Waals surface area contributed by atoms with Crippen molar-refractivity contribution in [3.05, 3.63) is 0 Å². The predicted octanol–water partition coefficient (Wildman–Crippen LogP) is 0.740. The molecule has 1 fully saturated rings. The zero-order valence-corrected chi connectivity index (χ0v) is 12.5. The molecule has 5 nitrogen and oxygen atoms in total. The summed E-state index contributed by atoms with van der Waals surface area (Å²) in [6.45, 7) is 6.72. The number of nitrogens with one attached hydrogen (secondary N) is 1. The summed E-state index contributed by atoms with van der Waals surface area (Å²) < 4.78 is 15.8. The molecule has 5 heteroatoms. The quantitative estimate of drug-likeness (QED) is 0.595. The predicted molar refractivity (Wildman–Crippen MR) is 76.7 cm³/mol. The molecule has 0 saturated carbocycles. The van der Waals surface area contributed by atoms with Crippen molar-refractivity contribution in [2.24, 2.45) is 0 Å². The molecule has 1 atom stereocenters. The molecule has 0 spiro atoms. The minimum Gasteiger partial charge on any atom is -0.382 e. The highest BCUT2D eigenvalue weighted by Gasteiger charge is 2.15. The number of likely N-dealkylation sites (N-methyl/N-ethyl adjacent to an activating group) is 1. The Morgan fingerprint density at radius 3 is 2.53 bits per heavy atom. The maximum atomic E-state index is 5.58. The largest absolute Gasteiger partial charge is 0.382 e. The Hall–Kier alpha value is -0.200. The Kier molecular flexibility index (Phi) is 10.3. The lowest BCUT2D eigenvalue weighted by atomic mass is 10.1. The van der Waals surface area contributed by atoms with E-state index in [1.165, 1.54) is 25.8 Å². The second kappa shape index (κ2) is 11.6. The van der Waals surface area contributed by atoms with Crippen LogP contribution in [0.3, 0.4) is 0 Å². The summed E-state index contributed by atoms with van der Waals surface area (Å²) in [4.78, 5) is 2.43. The third-order valence-corrected chi connectivity index (χ3v) is 3.56. The van der Waals surface area contributed by atoms with Gasteiger partial charge < -0.3 is 24.4 Å². The average Bonchev–Trinajstić information content (AvgIpc) is 2.70. The van der Waals surface area contributed by atoms with Crippen molar-refractivity contribution >= 4 is 0 Å². The molecule has 1 N–H and O–H groups in total. The van der Waals surface area contributed by atoms with Crippen LogP contribution in [0, 0.1) is 0 Å². The summed E-state index contributed by atoms with van der Waals surface area (Å²) >= 11 is 0. The van der Waals surface area contributed by atoms with Crippen LogP contribution in [-0.4, -0.2) is 77.8 Å². The first-order valence-electron chi connectivity index (χ1n) is 7.40. The monoisotopic (exact) mass is 274 g/mol. The lowest BCUT2D eigenvalue weighted by Gasteiger charge is -2.26. The summed E-state index contributed by atoms with van der Waals surface area (Å²) in [6.07, 6.45) is 3.82. The molecule has 114 valence electrons. The normalized spacial score (nSPS) is 20.7. The minimum absolute atomic E-state index is 0.648. The molecule has 1 aliphatic heterocycles. The van der Waals surface area contributed by atoms with Crippen molar-refractivity contribution in [2.75, 3.05) is 66.8 Å². The first-order chi connectivity index (χ1) is 9.34. The van der Waals surface area contributed by atoms with Gasteiger partial charge in [-0.3, -0.25) is 0 Å². The van der Waals surface area contributed by atoms with Gasteiger partial charge in [0.1, 0.15) is 0 Å². The van der Waals surface area contributed by atoms with Gasteiger partial charge in [0.15, 0.2) is 0 Å². The molecule has 1 saturated heterocycles.